The molecule has 4 aliphatic rings. The lowest BCUT2D eigenvalue weighted by molar-refractivity contribution is -0.172. The maximum Gasteiger partial charge on any atom is 0.336 e. The summed E-state index contributed by atoms with van der Waals surface area (Å²) in [5, 5.41) is 20.5. The summed E-state index contributed by atoms with van der Waals surface area (Å²) in [4.78, 5) is 23.6. The molecule has 140 valence electrons. The number of halogens is 1. The standard InChI is InChI=1S/C21H25FO4/c1-12-10-16-14-5-7-21(26,17(24)25)19(14,3)8-9-20(16,22)18(2)6-4-13(23)11-15(12)18/h4,6,8-9,11-12,14,16,26H,5,7,10H2,1-3H3,(H,24,25)/t12-,14-,16-,18-,19-,20+,21-/m0/s1. The zero-order chi connectivity index (χ0) is 19.1. The Kier molecular flexibility index (Phi) is 3.36. The number of carbonyl (C=O) groups excluding carboxylic acids is 1. The van der Waals surface area contributed by atoms with E-state index in [2.05, 4.69) is 0 Å². The molecule has 0 aromatic rings. The molecular weight excluding hydrogens is 335 g/mol. The van der Waals surface area contributed by atoms with Gasteiger partial charge < -0.3 is 10.2 Å². The van der Waals surface area contributed by atoms with Crippen LogP contribution in [0.4, 0.5) is 4.39 Å². The van der Waals surface area contributed by atoms with Gasteiger partial charge in [0, 0.05) is 16.7 Å². The molecule has 0 saturated heterocycles. The van der Waals surface area contributed by atoms with Crippen LogP contribution in [-0.4, -0.2) is 33.2 Å². The van der Waals surface area contributed by atoms with Gasteiger partial charge >= 0.3 is 5.97 Å². The minimum Gasteiger partial charge on any atom is -0.479 e. The average Bonchev–Trinajstić information content (AvgIpc) is 2.85. The number of aliphatic carboxylic acids is 1. The highest BCUT2D eigenvalue weighted by Gasteiger charge is 2.70. The van der Waals surface area contributed by atoms with Crippen molar-refractivity contribution in [1.29, 1.82) is 0 Å². The van der Waals surface area contributed by atoms with Gasteiger partial charge in [0.2, 0.25) is 0 Å². The molecule has 0 heterocycles. The fraction of sp³-hybridized carbons (Fsp3) is 0.619. The molecule has 2 N–H and O–H groups in total. The molecule has 4 aliphatic carbocycles. The van der Waals surface area contributed by atoms with Gasteiger partial charge in [-0.05, 0) is 56.3 Å². The lowest BCUT2D eigenvalue weighted by Gasteiger charge is -2.59. The molecule has 4 nitrogen and oxygen atoms in total. The van der Waals surface area contributed by atoms with Crippen molar-refractivity contribution in [2.45, 2.75) is 51.3 Å². The highest BCUT2D eigenvalue weighted by molar-refractivity contribution is 6.01. The second kappa shape index (κ2) is 4.94. The zero-order valence-corrected chi connectivity index (χ0v) is 15.3. The van der Waals surface area contributed by atoms with Crippen molar-refractivity contribution < 1.29 is 24.2 Å². The number of carbonyl (C=O) groups is 2. The van der Waals surface area contributed by atoms with E-state index < -0.39 is 34.0 Å². The van der Waals surface area contributed by atoms with Crippen molar-refractivity contribution in [3.63, 3.8) is 0 Å². The molecule has 0 aromatic carbocycles. The minimum atomic E-state index is -1.87. The van der Waals surface area contributed by atoms with Gasteiger partial charge in [-0.15, -0.1) is 0 Å². The molecule has 7 atom stereocenters. The average molecular weight is 360 g/mol. The number of carboxylic acid groups (broad SMARTS) is 1. The van der Waals surface area contributed by atoms with Gasteiger partial charge in [-0.1, -0.05) is 31.6 Å². The number of alkyl halides is 1. The smallest absolute Gasteiger partial charge is 0.336 e. The molecule has 0 aliphatic heterocycles. The molecular formula is C21H25FO4. The molecule has 2 saturated carbocycles. The summed E-state index contributed by atoms with van der Waals surface area (Å²) in [6.45, 7) is 5.58. The van der Waals surface area contributed by atoms with Gasteiger partial charge in [0.05, 0.1) is 0 Å². The van der Waals surface area contributed by atoms with E-state index in [1.807, 2.05) is 13.8 Å². The molecule has 0 bridgehead atoms. The van der Waals surface area contributed by atoms with Crippen molar-refractivity contribution in [3.05, 3.63) is 36.0 Å². The quantitative estimate of drug-likeness (QED) is 0.704. The predicted octanol–water partition coefficient (Wildman–Crippen LogP) is 3.22. The number of rotatable bonds is 1. The van der Waals surface area contributed by atoms with Gasteiger partial charge in [-0.3, -0.25) is 4.79 Å². The highest BCUT2D eigenvalue weighted by Crippen LogP contribution is 2.67. The summed E-state index contributed by atoms with van der Waals surface area (Å²) in [5.74, 6) is -1.99. The van der Waals surface area contributed by atoms with Crippen LogP contribution >= 0.6 is 0 Å². The van der Waals surface area contributed by atoms with E-state index in [0.717, 1.165) is 5.57 Å². The van der Waals surface area contributed by atoms with E-state index in [1.54, 1.807) is 25.2 Å². The van der Waals surface area contributed by atoms with Crippen LogP contribution in [0.1, 0.15) is 40.0 Å². The summed E-state index contributed by atoms with van der Waals surface area (Å²) in [6.07, 6.45) is 8.90. The van der Waals surface area contributed by atoms with E-state index in [1.165, 1.54) is 12.2 Å². The van der Waals surface area contributed by atoms with Crippen molar-refractivity contribution in [2.75, 3.05) is 0 Å². The number of allylic oxidation sites excluding steroid dienone is 5. The van der Waals surface area contributed by atoms with Crippen LogP contribution in [0.5, 0.6) is 0 Å². The molecule has 4 rings (SSSR count). The van der Waals surface area contributed by atoms with Gasteiger partial charge in [-0.25, -0.2) is 9.18 Å². The van der Waals surface area contributed by atoms with Crippen LogP contribution in [0.2, 0.25) is 0 Å². The third-order valence-electron chi connectivity index (χ3n) is 7.94. The van der Waals surface area contributed by atoms with E-state index in [0.29, 0.717) is 12.8 Å². The van der Waals surface area contributed by atoms with Crippen molar-refractivity contribution in [1.82, 2.24) is 0 Å². The minimum absolute atomic E-state index is 0.0250. The fourth-order valence-corrected chi connectivity index (χ4v) is 6.27. The maximum absolute atomic E-state index is 16.6. The van der Waals surface area contributed by atoms with E-state index in [9.17, 15) is 19.8 Å². The molecule has 0 unspecified atom stereocenters. The van der Waals surface area contributed by atoms with Crippen LogP contribution in [0.25, 0.3) is 0 Å². The first-order chi connectivity index (χ1) is 12.0. The Bertz CT molecular complexity index is 798. The summed E-state index contributed by atoms with van der Waals surface area (Å²) in [7, 11) is 0. The second-order valence-electron chi connectivity index (χ2n) is 8.98. The van der Waals surface area contributed by atoms with Gasteiger partial charge in [0.1, 0.15) is 5.67 Å². The topological polar surface area (TPSA) is 74.6 Å². The van der Waals surface area contributed by atoms with Crippen LogP contribution in [-0.2, 0) is 9.59 Å². The summed E-state index contributed by atoms with van der Waals surface area (Å²) in [6, 6.07) is 0. The van der Waals surface area contributed by atoms with E-state index in [-0.39, 0.29) is 24.0 Å². The molecule has 0 spiro atoms. The Labute approximate surface area is 152 Å². The molecule has 0 aromatic heterocycles. The monoisotopic (exact) mass is 360 g/mol. The van der Waals surface area contributed by atoms with Crippen LogP contribution < -0.4 is 0 Å². The molecule has 5 heteroatoms. The van der Waals surface area contributed by atoms with Crippen molar-refractivity contribution >= 4 is 11.8 Å². The normalized spacial score (nSPS) is 52.1. The summed E-state index contributed by atoms with van der Waals surface area (Å²) in [5.41, 5.74) is -4.68. The van der Waals surface area contributed by atoms with Crippen LogP contribution in [0.15, 0.2) is 36.0 Å². The second-order valence-corrected chi connectivity index (χ2v) is 8.98. The van der Waals surface area contributed by atoms with E-state index >= 15 is 4.39 Å². The Morgan fingerprint density at radius 2 is 1.92 bits per heavy atom. The number of hydrogen-bond donors (Lipinski definition) is 2. The van der Waals surface area contributed by atoms with Gasteiger partial charge in [-0.2, -0.15) is 0 Å². The SMILES string of the molecule is C[C@H]1C[C@H]2[C@@H]3CC[C@](O)(C(=O)O)[C@@]3(C)C=C[C@]2(F)[C@@]2(C)C=CC(=O)C=C12. The largest absolute Gasteiger partial charge is 0.479 e. The maximum atomic E-state index is 16.6. The first kappa shape index (κ1) is 17.7. The van der Waals surface area contributed by atoms with E-state index in [4.69, 9.17) is 0 Å². The fourth-order valence-electron chi connectivity index (χ4n) is 6.27. The Morgan fingerprint density at radius 3 is 2.58 bits per heavy atom. The third-order valence-corrected chi connectivity index (χ3v) is 7.94. The summed E-state index contributed by atoms with van der Waals surface area (Å²) < 4.78 is 16.6. The Hall–Kier alpha value is -1.75. The zero-order valence-electron chi connectivity index (χ0n) is 15.3. The first-order valence-corrected chi connectivity index (χ1v) is 9.30. The first-order valence-electron chi connectivity index (χ1n) is 9.30. The predicted molar refractivity (Wildman–Crippen MR) is 94.0 cm³/mol. The number of aliphatic hydroxyl groups is 1. The lowest BCUT2D eigenvalue weighted by atomic mass is 9.46. The number of carboxylic acids is 1. The van der Waals surface area contributed by atoms with Crippen molar-refractivity contribution in [3.8, 4) is 0 Å². The van der Waals surface area contributed by atoms with Gasteiger partial charge in [0.15, 0.2) is 11.4 Å². The molecule has 26 heavy (non-hydrogen) atoms. The third kappa shape index (κ3) is 1.77. The van der Waals surface area contributed by atoms with Gasteiger partial charge in [0.25, 0.3) is 0 Å². The number of ketones is 1. The van der Waals surface area contributed by atoms with Crippen molar-refractivity contribution in [2.24, 2.45) is 28.6 Å². The highest BCUT2D eigenvalue weighted by atomic mass is 19.1. The summed E-state index contributed by atoms with van der Waals surface area (Å²) >= 11 is 0. The lowest BCUT2D eigenvalue weighted by Crippen LogP contribution is -2.61. The van der Waals surface area contributed by atoms with Crippen LogP contribution in [0.3, 0.4) is 0 Å². The number of hydrogen-bond acceptors (Lipinski definition) is 3. The Morgan fingerprint density at radius 1 is 1.23 bits per heavy atom. The molecule has 0 amide bonds. The Balaban J connectivity index is 1.88. The van der Waals surface area contributed by atoms with Crippen LogP contribution in [0, 0.1) is 28.6 Å². The molecule has 0 radical (unpaired) electrons. The molecule has 2 fully saturated rings. The number of fused-ring (bicyclic) bond motifs is 5.